The summed E-state index contributed by atoms with van der Waals surface area (Å²) in [6.07, 6.45) is 0. The lowest BCUT2D eigenvalue weighted by Crippen LogP contribution is -2.29. The smallest absolute Gasteiger partial charge is 0.0734 e. The molecular formula is C15H12BrClN2S. The first-order chi connectivity index (χ1) is 9.70. The van der Waals surface area contributed by atoms with Gasteiger partial charge in [-0.1, -0.05) is 51.8 Å². The molecule has 3 N–H and O–H groups in total. The quantitative estimate of drug-likeness (QED) is 0.512. The minimum absolute atomic E-state index is 0.0796. The van der Waals surface area contributed by atoms with Crippen LogP contribution in [0, 0.1) is 0 Å². The third-order valence-corrected chi connectivity index (χ3v) is 5.16. The van der Waals surface area contributed by atoms with Crippen LogP contribution in [-0.2, 0) is 0 Å². The van der Waals surface area contributed by atoms with Crippen molar-refractivity contribution in [3.8, 4) is 0 Å². The summed E-state index contributed by atoms with van der Waals surface area (Å²) in [7, 11) is 0. The van der Waals surface area contributed by atoms with E-state index in [-0.39, 0.29) is 6.04 Å². The van der Waals surface area contributed by atoms with Gasteiger partial charge in [0.15, 0.2) is 0 Å². The number of thiophene rings is 1. The Morgan fingerprint density at radius 2 is 2.00 bits per heavy atom. The van der Waals surface area contributed by atoms with E-state index in [2.05, 4.69) is 51.0 Å². The number of fused-ring (bicyclic) bond motifs is 1. The SMILES string of the molecule is NNC(c1ccc(Cl)cc1Br)c1cccc2ccsc12. The van der Waals surface area contributed by atoms with Crippen molar-refractivity contribution < 1.29 is 0 Å². The van der Waals surface area contributed by atoms with E-state index in [0.29, 0.717) is 5.02 Å². The van der Waals surface area contributed by atoms with Crippen molar-refractivity contribution in [1.29, 1.82) is 0 Å². The van der Waals surface area contributed by atoms with E-state index in [1.807, 2.05) is 18.2 Å². The summed E-state index contributed by atoms with van der Waals surface area (Å²) < 4.78 is 2.19. The van der Waals surface area contributed by atoms with Crippen LogP contribution in [0.3, 0.4) is 0 Å². The predicted octanol–water partition coefficient (Wildman–Crippen LogP) is 4.87. The van der Waals surface area contributed by atoms with Gasteiger partial charge >= 0.3 is 0 Å². The first-order valence-corrected chi connectivity index (χ1v) is 8.13. The Hall–Kier alpha value is -0.910. The van der Waals surface area contributed by atoms with E-state index < -0.39 is 0 Å². The van der Waals surface area contributed by atoms with E-state index in [1.54, 1.807) is 11.3 Å². The molecule has 0 radical (unpaired) electrons. The highest BCUT2D eigenvalue weighted by molar-refractivity contribution is 9.10. The lowest BCUT2D eigenvalue weighted by Gasteiger charge is -2.19. The van der Waals surface area contributed by atoms with E-state index in [1.165, 1.54) is 15.6 Å². The maximum atomic E-state index is 6.01. The van der Waals surface area contributed by atoms with Crippen LogP contribution in [0.1, 0.15) is 17.2 Å². The molecule has 0 fully saturated rings. The third-order valence-electron chi connectivity index (χ3n) is 3.26. The molecule has 1 atom stereocenters. The lowest BCUT2D eigenvalue weighted by atomic mass is 9.98. The maximum absolute atomic E-state index is 6.01. The maximum Gasteiger partial charge on any atom is 0.0734 e. The van der Waals surface area contributed by atoms with Crippen molar-refractivity contribution in [3.05, 3.63) is 68.5 Å². The molecule has 1 unspecified atom stereocenters. The van der Waals surface area contributed by atoms with Crippen LogP contribution in [-0.4, -0.2) is 0 Å². The zero-order valence-corrected chi connectivity index (χ0v) is 13.6. The Kier molecular flexibility index (Phi) is 4.10. The van der Waals surface area contributed by atoms with Crippen LogP contribution >= 0.6 is 38.9 Å². The van der Waals surface area contributed by atoms with Crippen molar-refractivity contribution in [2.75, 3.05) is 0 Å². The Balaban J connectivity index is 2.16. The van der Waals surface area contributed by atoms with Gasteiger partial charge in [0.05, 0.1) is 6.04 Å². The molecule has 1 aromatic heterocycles. The van der Waals surface area contributed by atoms with Crippen molar-refractivity contribution in [1.82, 2.24) is 5.43 Å². The summed E-state index contributed by atoms with van der Waals surface area (Å²) in [5, 5.41) is 4.03. The fourth-order valence-corrected chi connectivity index (χ4v) is 4.18. The molecule has 0 amide bonds. The van der Waals surface area contributed by atoms with Gasteiger partial charge in [0.25, 0.3) is 0 Å². The molecular weight excluding hydrogens is 356 g/mol. The van der Waals surface area contributed by atoms with Gasteiger partial charge in [0.1, 0.15) is 0 Å². The summed E-state index contributed by atoms with van der Waals surface area (Å²) in [6.45, 7) is 0. The molecule has 0 spiro atoms. The Morgan fingerprint density at radius 3 is 2.75 bits per heavy atom. The monoisotopic (exact) mass is 366 g/mol. The number of nitrogens with two attached hydrogens (primary N) is 1. The molecule has 102 valence electrons. The highest BCUT2D eigenvalue weighted by Gasteiger charge is 2.18. The average molecular weight is 368 g/mol. The van der Waals surface area contributed by atoms with Crippen LogP contribution in [0.25, 0.3) is 10.1 Å². The van der Waals surface area contributed by atoms with Crippen molar-refractivity contribution in [2.24, 2.45) is 5.84 Å². The molecule has 0 bridgehead atoms. The fourth-order valence-electron chi connectivity index (χ4n) is 2.33. The van der Waals surface area contributed by atoms with Gasteiger partial charge in [-0.2, -0.15) is 0 Å². The minimum Gasteiger partial charge on any atom is -0.271 e. The Bertz CT molecular complexity index is 756. The number of halogens is 2. The summed E-state index contributed by atoms with van der Waals surface area (Å²) in [6, 6.07) is 14.1. The van der Waals surface area contributed by atoms with Gasteiger partial charge in [0, 0.05) is 14.2 Å². The number of hydrazine groups is 1. The van der Waals surface area contributed by atoms with E-state index in [0.717, 1.165) is 10.0 Å². The highest BCUT2D eigenvalue weighted by atomic mass is 79.9. The zero-order chi connectivity index (χ0) is 14.1. The number of hydrogen-bond donors (Lipinski definition) is 2. The summed E-state index contributed by atoms with van der Waals surface area (Å²) in [5.41, 5.74) is 5.15. The molecule has 0 saturated carbocycles. The molecule has 0 saturated heterocycles. The van der Waals surface area contributed by atoms with E-state index in [9.17, 15) is 0 Å². The van der Waals surface area contributed by atoms with Gasteiger partial charge in [-0.25, -0.2) is 5.43 Å². The van der Waals surface area contributed by atoms with Crippen LogP contribution in [0.15, 0.2) is 52.3 Å². The van der Waals surface area contributed by atoms with Gasteiger partial charge in [-0.3, -0.25) is 5.84 Å². The number of rotatable bonds is 3. The number of hydrogen-bond acceptors (Lipinski definition) is 3. The standard InChI is InChI=1S/C15H12BrClN2S/c16-13-8-10(17)4-5-11(13)14(19-18)12-3-1-2-9-6-7-20-15(9)12/h1-8,14,19H,18H2. The van der Waals surface area contributed by atoms with Crippen LogP contribution in [0.5, 0.6) is 0 Å². The molecule has 1 heterocycles. The summed E-state index contributed by atoms with van der Waals surface area (Å²) >= 11 is 11.3. The zero-order valence-electron chi connectivity index (χ0n) is 10.4. The molecule has 3 rings (SSSR count). The third kappa shape index (κ3) is 2.50. The normalized spacial score (nSPS) is 12.8. The second-order valence-electron chi connectivity index (χ2n) is 4.45. The molecule has 0 aliphatic carbocycles. The molecule has 0 aliphatic rings. The number of nitrogens with one attached hydrogen (secondary N) is 1. The predicted molar refractivity (Wildman–Crippen MR) is 90.1 cm³/mol. The van der Waals surface area contributed by atoms with Crippen LogP contribution < -0.4 is 11.3 Å². The first kappa shape index (κ1) is 14.0. The fraction of sp³-hybridized carbons (Fsp3) is 0.0667. The topological polar surface area (TPSA) is 38.0 Å². The lowest BCUT2D eigenvalue weighted by molar-refractivity contribution is 0.639. The highest BCUT2D eigenvalue weighted by Crippen LogP contribution is 2.35. The average Bonchev–Trinajstić information content (AvgIpc) is 2.91. The molecule has 20 heavy (non-hydrogen) atoms. The molecule has 2 nitrogen and oxygen atoms in total. The first-order valence-electron chi connectivity index (χ1n) is 6.08. The molecule has 0 aliphatic heterocycles. The Morgan fingerprint density at radius 1 is 1.15 bits per heavy atom. The largest absolute Gasteiger partial charge is 0.271 e. The molecule has 2 aromatic carbocycles. The molecule has 5 heteroatoms. The van der Waals surface area contributed by atoms with Crippen LogP contribution in [0.2, 0.25) is 5.02 Å². The van der Waals surface area contributed by atoms with Gasteiger partial charge in [-0.15, -0.1) is 11.3 Å². The van der Waals surface area contributed by atoms with Gasteiger partial charge in [-0.05, 0) is 40.1 Å². The minimum atomic E-state index is -0.0796. The van der Waals surface area contributed by atoms with Gasteiger partial charge in [0.2, 0.25) is 0 Å². The van der Waals surface area contributed by atoms with Crippen LogP contribution in [0.4, 0.5) is 0 Å². The van der Waals surface area contributed by atoms with E-state index >= 15 is 0 Å². The second-order valence-corrected chi connectivity index (χ2v) is 6.66. The Labute approximate surface area is 134 Å². The van der Waals surface area contributed by atoms with Crippen molar-refractivity contribution in [3.63, 3.8) is 0 Å². The number of benzene rings is 2. The van der Waals surface area contributed by atoms with Crippen molar-refractivity contribution >= 4 is 49.0 Å². The van der Waals surface area contributed by atoms with E-state index in [4.69, 9.17) is 17.4 Å². The summed E-state index contributed by atoms with van der Waals surface area (Å²) in [4.78, 5) is 0. The van der Waals surface area contributed by atoms with Gasteiger partial charge < -0.3 is 0 Å². The second kappa shape index (κ2) is 5.84. The molecule has 3 aromatic rings. The van der Waals surface area contributed by atoms with Crippen molar-refractivity contribution in [2.45, 2.75) is 6.04 Å². The summed E-state index contributed by atoms with van der Waals surface area (Å²) in [5.74, 6) is 5.80.